The Balaban J connectivity index is 3.90. The molecular formula is C37H73O8P. The molecule has 0 rings (SSSR count). The molecular weight excluding hydrogens is 603 g/mol. The monoisotopic (exact) mass is 677 g/mol. The predicted octanol–water partition coefficient (Wildman–Crippen LogP) is 11.3. The molecule has 0 amide bonds. The number of phosphoric acid groups is 1. The fraction of sp³-hybridized carbons (Fsp3) is 0.946. The summed E-state index contributed by atoms with van der Waals surface area (Å²) in [5.74, 6) is -0.871. The molecule has 0 unspecified atom stereocenters. The van der Waals surface area contributed by atoms with Gasteiger partial charge in [0, 0.05) is 12.8 Å². The molecule has 0 aliphatic carbocycles. The number of unbranched alkanes of at least 4 members (excludes halogenated alkanes) is 26. The van der Waals surface area contributed by atoms with Gasteiger partial charge in [0.15, 0.2) is 6.10 Å². The second kappa shape index (κ2) is 33.9. The van der Waals surface area contributed by atoms with E-state index in [1.165, 1.54) is 141 Å². The van der Waals surface area contributed by atoms with Crippen molar-refractivity contribution in [2.24, 2.45) is 0 Å². The Morgan fingerprint density at radius 2 is 0.783 bits per heavy atom. The summed E-state index contributed by atoms with van der Waals surface area (Å²) in [6.45, 7) is 3.69. The summed E-state index contributed by atoms with van der Waals surface area (Å²) in [5.41, 5.74) is 0. The molecule has 0 fully saturated rings. The van der Waals surface area contributed by atoms with Crippen molar-refractivity contribution in [1.82, 2.24) is 0 Å². The van der Waals surface area contributed by atoms with E-state index in [1.807, 2.05) is 0 Å². The van der Waals surface area contributed by atoms with Gasteiger partial charge < -0.3 is 19.3 Å². The molecule has 274 valence electrons. The van der Waals surface area contributed by atoms with Crippen LogP contribution in [-0.4, -0.2) is 41.0 Å². The van der Waals surface area contributed by atoms with Gasteiger partial charge in [-0.1, -0.05) is 181 Å². The summed E-state index contributed by atoms with van der Waals surface area (Å²) in [7, 11) is -4.74. The Labute approximate surface area is 283 Å². The lowest BCUT2D eigenvalue weighted by atomic mass is 10.0. The van der Waals surface area contributed by atoms with E-state index in [4.69, 9.17) is 19.3 Å². The lowest BCUT2D eigenvalue weighted by Gasteiger charge is -2.18. The fourth-order valence-electron chi connectivity index (χ4n) is 5.73. The van der Waals surface area contributed by atoms with Crippen LogP contribution < -0.4 is 0 Å². The van der Waals surface area contributed by atoms with Gasteiger partial charge in [-0.2, -0.15) is 0 Å². The average Bonchev–Trinajstić information content (AvgIpc) is 3.02. The Hall–Kier alpha value is -0.950. The second-order valence-corrected chi connectivity index (χ2v) is 14.5. The number of hydrogen-bond donors (Lipinski definition) is 2. The SMILES string of the molecule is CCCCCCCCCCCCCCCCCCC(=O)O[C@H](COC(=O)CCCCCCCCCCCCCC)COP(=O)(O)O. The first-order valence-electron chi connectivity index (χ1n) is 19.3. The molecule has 0 bridgehead atoms. The molecule has 0 radical (unpaired) electrons. The van der Waals surface area contributed by atoms with E-state index >= 15 is 0 Å². The minimum absolute atomic E-state index is 0.220. The quantitative estimate of drug-likeness (QED) is 0.0382. The molecule has 1 atom stereocenters. The summed E-state index contributed by atoms with van der Waals surface area (Å²) in [4.78, 5) is 42.7. The van der Waals surface area contributed by atoms with Gasteiger partial charge in [0.1, 0.15) is 6.61 Å². The summed E-state index contributed by atoms with van der Waals surface area (Å²) in [6, 6.07) is 0. The van der Waals surface area contributed by atoms with Gasteiger partial charge in [-0.15, -0.1) is 0 Å². The molecule has 0 aromatic carbocycles. The molecule has 0 saturated heterocycles. The smallest absolute Gasteiger partial charge is 0.462 e. The third-order valence-electron chi connectivity index (χ3n) is 8.63. The third kappa shape index (κ3) is 35.9. The van der Waals surface area contributed by atoms with E-state index in [-0.39, 0.29) is 19.4 Å². The first kappa shape index (κ1) is 45.0. The molecule has 0 aromatic rings. The van der Waals surface area contributed by atoms with Crippen LogP contribution in [0.2, 0.25) is 0 Å². The van der Waals surface area contributed by atoms with Gasteiger partial charge in [0.05, 0.1) is 6.61 Å². The lowest BCUT2D eigenvalue weighted by Crippen LogP contribution is -2.29. The van der Waals surface area contributed by atoms with Crippen molar-refractivity contribution >= 4 is 19.8 Å². The van der Waals surface area contributed by atoms with Gasteiger partial charge >= 0.3 is 19.8 Å². The second-order valence-electron chi connectivity index (χ2n) is 13.3. The molecule has 0 aliphatic rings. The highest BCUT2D eigenvalue weighted by atomic mass is 31.2. The molecule has 0 spiro atoms. The van der Waals surface area contributed by atoms with Crippen LogP contribution >= 0.6 is 7.82 Å². The lowest BCUT2D eigenvalue weighted by molar-refractivity contribution is -0.161. The number of ether oxygens (including phenoxy) is 2. The number of phosphoric ester groups is 1. The van der Waals surface area contributed by atoms with Crippen molar-refractivity contribution in [3.8, 4) is 0 Å². The van der Waals surface area contributed by atoms with Crippen LogP contribution in [0.1, 0.15) is 206 Å². The van der Waals surface area contributed by atoms with Gasteiger partial charge in [0.2, 0.25) is 0 Å². The van der Waals surface area contributed by atoms with E-state index in [1.54, 1.807) is 0 Å². The van der Waals surface area contributed by atoms with Crippen molar-refractivity contribution in [3.05, 3.63) is 0 Å². The first-order chi connectivity index (χ1) is 22.3. The van der Waals surface area contributed by atoms with E-state index in [0.29, 0.717) is 6.42 Å². The van der Waals surface area contributed by atoms with Gasteiger partial charge in [-0.3, -0.25) is 14.1 Å². The minimum Gasteiger partial charge on any atom is -0.462 e. The summed E-state index contributed by atoms with van der Waals surface area (Å²) in [5, 5.41) is 0. The standard InChI is InChI=1S/C37H73O8P/c1-3-5-7-9-11-13-15-17-18-19-20-22-24-26-28-30-32-37(39)45-35(34-44-46(40,41)42)33-43-36(38)31-29-27-25-23-21-16-14-12-10-8-6-4-2/h35H,3-34H2,1-2H3,(H2,40,41,42)/t35-/m1/s1. The molecule has 0 aliphatic heterocycles. The van der Waals surface area contributed by atoms with Crippen LogP contribution in [0.3, 0.4) is 0 Å². The molecule has 0 heterocycles. The van der Waals surface area contributed by atoms with Crippen molar-refractivity contribution < 1.29 is 37.9 Å². The van der Waals surface area contributed by atoms with E-state index in [0.717, 1.165) is 32.1 Å². The Kier molecular flexibility index (Phi) is 33.2. The number of carbonyl (C=O) groups excluding carboxylic acids is 2. The summed E-state index contributed by atoms with van der Waals surface area (Å²) in [6.07, 6.45) is 33.9. The predicted molar refractivity (Wildman–Crippen MR) is 189 cm³/mol. The van der Waals surface area contributed by atoms with Crippen LogP contribution in [0, 0.1) is 0 Å². The maximum absolute atomic E-state index is 12.4. The van der Waals surface area contributed by atoms with Crippen LogP contribution in [0.25, 0.3) is 0 Å². The first-order valence-corrected chi connectivity index (χ1v) is 20.9. The number of esters is 2. The Bertz CT molecular complexity index is 726. The summed E-state index contributed by atoms with van der Waals surface area (Å²) >= 11 is 0. The van der Waals surface area contributed by atoms with Crippen LogP contribution in [-0.2, 0) is 28.2 Å². The zero-order valence-corrected chi connectivity index (χ0v) is 30.9. The normalized spacial score (nSPS) is 12.3. The largest absolute Gasteiger partial charge is 0.469 e. The Morgan fingerprint density at radius 3 is 1.11 bits per heavy atom. The van der Waals surface area contributed by atoms with Crippen LogP contribution in [0.15, 0.2) is 0 Å². The van der Waals surface area contributed by atoms with E-state index < -0.39 is 32.5 Å². The summed E-state index contributed by atoms with van der Waals surface area (Å²) < 4.78 is 26.3. The van der Waals surface area contributed by atoms with E-state index in [9.17, 15) is 14.2 Å². The van der Waals surface area contributed by atoms with Gasteiger partial charge in [0.25, 0.3) is 0 Å². The van der Waals surface area contributed by atoms with Crippen LogP contribution in [0.5, 0.6) is 0 Å². The third-order valence-corrected chi connectivity index (χ3v) is 9.11. The average molecular weight is 677 g/mol. The zero-order valence-electron chi connectivity index (χ0n) is 30.0. The number of hydrogen-bond acceptors (Lipinski definition) is 6. The van der Waals surface area contributed by atoms with Crippen molar-refractivity contribution in [3.63, 3.8) is 0 Å². The van der Waals surface area contributed by atoms with Crippen LogP contribution in [0.4, 0.5) is 0 Å². The number of rotatable bonds is 36. The van der Waals surface area contributed by atoms with Crippen molar-refractivity contribution in [1.29, 1.82) is 0 Å². The zero-order chi connectivity index (χ0) is 34.0. The highest BCUT2D eigenvalue weighted by Gasteiger charge is 2.22. The van der Waals surface area contributed by atoms with E-state index in [2.05, 4.69) is 18.4 Å². The van der Waals surface area contributed by atoms with Gasteiger partial charge in [-0.25, -0.2) is 4.57 Å². The Morgan fingerprint density at radius 1 is 0.478 bits per heavy atom. The molecule has 46 heavy (non-hydrogen) atoms. The number of carbonyl (C=O) groups is 2. The maximum Gasteiger partial charge on any atom is 0.469 e. The van der Waals surface area contributed by atoms with Gasteiger partial charge in [-0.05, 0) is 12.8 Å². The maximum atomic E-state index is 12.4. The highest BCUT2D eigenvalue weighted by Crippen LogP contribution is 2.36. The molecule has 0 saturated carbocycles. The fourth-order valence-corrected chi connectivity index (χ4v) is 6.09. The molecule has 9 heteroatoms. The molecule has 2 N–H and O–H groups in total. The topological polar surface area (TPSA) is 119 Å². The van der Waals surface area contributed by atoms with Crippen molar-refractivity contribution in [2.45, 2.75) is 213 Å². The van der Waals surface area contributed by atoms with Crippen molar-refractivity contribution in [2.75, 3.05) is 13.2 Å². The minimum atomic E-state index is -4.74. The molecule has 0 aromatic heterocycles. The molecule has 8 nitrogen and oxygen atoms in total. The highest BCUT2D eigenvalue weighted by molar-refractivity contribution is 7.46.